The molecule has 1 heterocycles. The van der Waals surface area contributed by atoms with Gasteiger partial charge in [0.2, 0.25) is 0 Å². The van der Waals surface area contributed by atoms with Crippen LogP contribution < -0.4 is 0 Å². The summed E-state index contributed by atoms with van der Waals surface area (Å²) in [6.07, 6.45) is 2.64. The third-order valence-corrected chi connectivity index (χ3v) is 2.84. The first-order valence-electron chi connectivity index (χ1n) is 3.68. The van der Waals surface area contributed by atoms with Gasteiger partial charge in [-0.3, -0.25) is 0 Å². The van der Waals surface area contributed by atoms with Crippen LogP contribution >= 0.6 is 27.7 Å². The molecule has 0 atom stereocenters. The Labute approximate surface area is 83.9 Å². The Hall–Kier alpha value is -0.0900. The Balaban J connectivity index is 2.72. The van der Waals surface area contributed by atoms with Gasteiger partial charge in [-0.15, -0.1) is 11.8 Å². The molecule has 0 fully saturated rings. The highest BCUT2D eigenvalue weighted by Crippen LogP contribution is 2.21. The van der Waals surface area contributed by atoms with E-state index in [0.717, 1.165) is 12.2 Å². The topological polar surface area (TPSA) is 12.9 Å². The van der Waals surface area contributed by atoms with Crippen LogP contribution in [0.15, 0.2) is 21.8 Å². The summed E-state index contributed by atoms with van der Waals surface area (Å²) in [5.74, 6) is 0.661. The smallest absolute Gasteiger partial charge is 0.156 e. The number of nitrogens with zero attached hydrogens (tertiary/aromatic N) is 1. The van der Waals surface area contributed by atoms with Gasteiger partial charge in [0.15, 0.2) is 5.82 Å². The molecule has 0 aliphatic heterocycles. The van der Waals surface area contributed by atoms with Gasteiger partial charge in [-0.05, 0) is 34.2 Å². The van der Waals surface area contributed by atoms with E-state index in [4.69, 9.17) is 0 Å². The first kappa shape index (κ1) is 9.99. The summed E-state index contributed by atoms with van der Waals surface area (Å²) in [4.78, 5) is 3.96. The average Bonchev–Trinajstić information content (AvgIpc) is 2.03. The van der Waals surface area contributed by atoms with E-state index in [1.54, 1.807) is 6.20 Å². The number of halogens is 2. The van der Waals surface area contributed by atoms with Crippen LogP contribution in [0.1, 0.15) is 13.3 Å². The number of hydrogen-bond acceptors (Lipinski definition) is 2. The number of thioether (sulfide) groups is 1. The lowest BCUT2D eigenvalue weighted by Gasteiger charge is -1.99. The van der Waals surface area contributed by atoms with Gasteiger partial charge in [-0.25, -0.2) is 9.37 Å². The van der Waals surface area contributed by atoms with Crippen molar-refractivity contribution in [2.24, 2.45) is 0 Å². The van der Waals surface area contributed by atoms with E-state index in [-0.39, 0.29) is 5.82 Å². The Morgan fingerprint density at radius 1 is 1.67 bits per heavy atom. The molecule has 0 amide bonds. The van der Waals surface area contributed by atoms with Crippen LogP contribution in [0, 0.1) is 5.82 Å². The van der Waals surface area contributed by atoms with Gasteiger partial charge in [0.25, 0.3) is 0 Å². The second-order valence-electron chi connectivity index (χ2n) is 2.29. The monoisotopic (exact) mass is 249 g/mol. The van der Waals surface area contributed by atoms with E-state index in [2.05, 4.69) is 27.8 Å². The molecule has 0 aliphatic carbocycles. The largest absolute Gasteiger partial charge is 0.246 e. The zero-order valence-electron chi connectivity index (χ0n) is 6.68. The standard InChI is InChI=1S/C8H9BrFNS/c1-2-3-12-8-7(10)4-6(9)5-11-8/h4-5H,2-3H2,1H3. The lowest BCUT2D eigenvalue weighted by molar-refractivity contribution is 0.586. The number of pyridine rings is 1. The van der Waals surface area contributed by atoms with Gasteiger partial charge >= 0.3 is 0 Å². The average molecular weight is 250 g/mol. The molecule has 0 saturated carbocycles. The summed E-state index contributed by atoms with van der Waals surface area (Å²) in [7, 11) is 0. The van der Waals surface area contributed by atoms with Crippen molar-refractivity contribution in [1.82, 2.24) is 4.98 Å². The molecule has 0 aliphatic rings. The van der Waals surface area contributed by atoms with Crippen LogP contribution in [0.2, 0.25) is 0 Å². The van der Waals surface area contributed by atoms with E-state index in [0.29, 0.717) is 9.50 Å². The molecule has 0 bridgehead atoms. The van der Waals surface area contributed by atoms with Crippen LogP contribution in [-0.4, -0.2) is 10.7 Å². The zero-order chi connectivity index (χ0) is 8.97. The van der Waals surface area contributed by atoms with Crippen LogP contribution in [-0.2, 0) is 0 Å². The molecule has 1 nitrogen and oxygen atoms in total. The van der Waals surface area contributed by atoms with Crippen LogP contribution in [0.25, 0.3) is 0 Å². The van der Waals surface area contributed by atoms with E-state index < -0.39 is 0 Å². The van der Waals surface area contributed by atoms with E-state index in [1.807, 2.05) is 0 Å². The fraction of sp³-hybridized carbons (Fsp3) is 0.375. The van der Waals surface area contributed by atoms with Crippen molar-refractivity contribution in [2.45, 2.75) is 18.4 Å². The molecule has 12 heavy (non-hydrogen) atoms. The van der Waals surface area contributed by atoms with Gasteiger partial charge in [0, 0.05) is 10.7 Å². The molecule has 0 unspecified atom stereocenters. The highest BCUT2D eigenvalue weighted by atomic mass is 79.9. The predicted octanol–water partition coefficient (Wildman–Crippen LogP) is 3.49. The van der Waals surface area contributed by atoms with Gasteiger partial charge in [0.1, 0.15) is 5.03 Å². The second-order valence-corrected chi connectivity index (χ2v) is 4.29. The van der Waals surface area contributed by atoms with Crippen molar-refractivity contribution in [1.29, 1.82) is 0 Å². The fourth-order valence-electron chi connectivity index (χ4n) is 0.707. The molecule has 0 N–H and O–H groups in total. The predicted molar refractivity (Wildman–Crippen MR) is 52.9 cm³/mol. The molecular formula is C8H9BrFNS. The number of aromatic nitrogens is 1. The Morgan fingerprint density at radius 2 is 2.42 bits per heavy atom. The minimum absolute atomic E-state index is 0.247. The normalized spacial score (nSPS) is 10.2. The third kappa shape index (κ3) is 2.75. The molecule has 0 spiro atoms. The first-order chi connectivity index (χ1) is 5.74. The molecule has 4 heteroatoms. The lowest BCUT2D eigenvalue weighted by atomic mass is 10.5. The van der Waals surface area contributed by atoms with E-state index in [9.17, 15) is 4.39 Å². The lowest BCUT2D eigenvalue weighted by Crippen LogP contribution is -1.87. The van der Waals surface area contributed by atoms with Gasteiger partial charge < -0.3 is 0 Å². The van der Waals surface area contributed by atoms with Crippen molar-refractivity contribution in [3.05, 3.63) is 22.6 Å². The number of rotatable bonds is 3. The Kier molecular flexibility index (Phi) is 4.01. The molecule has 0 saturated heterocycles. The fourth-order valence-corrected chi connectivity index (χ4v) is 1.73. The molecule has 1 aromatic rings. The van der Waals surface area contributed by atoms with Crippen LogP contribution in [0.3, 0.4) is 0 Å². The van der Waals surface area contributed by atoms with Crippen LogP contribution in [0.4, 0.5) is 4.39 Å². The summed E-state index contributed by atoms with van der Waals surface area (Å²) in [6, 6.07) is 1.44. The Bertz CT molecular complexity index is 267. The summed E-state index contributed by atoms with van der Waals surface area (Å²) >= 11 is 4.60. The molecule has 0 aromatic carbocycles. The van der Waals surface area contributed by atoms with Crippen molar-refractivity contribution in [3.63, 3.8) is 0 Å². The number of hydrogen-bond donors (Lipinski definition) is 0. The van der Waals surface area contributed by atoms with E-state index >= 15 is 0 Å². The quantitative estimate of drug-likeness (QED) is 0.761. The first-order valence-corrected chi connectivity index (χ1v) is 5.45. The highest BCUT2D eigenvalue weighted by molar-refractivity contribution is 9.10. The molecular weight excluding hydrogens is 241 g/mol. The van der Waals surface area contributed by atoms with Crippen molar-refractivity contribution >= 4 is 27.7 Å². The van der Waals surface area contributed by atoms with Crippen molar-refractivity contribution < 1.29 is 4.39 Å². The van der Waals surface area contributed by atoms with Crippen molar-refractivity contribution in [2.75, 3.05) is 5.75 Å². The maximum Gasteiger partial charge on any atom is 0.156 e. The van der Waals surface area contributed by atoms with E-state index in [1.165, 1.54) is 17.8 Å². The van der Waals surface area contributed by atoms with Crippen LogP contribution in [0.5, 0.6) is 0 Å². The molecule has 66 valence electrons. The minimum atomic E-state index is -0.247. The van der Waals surface area contributed by atoms with Gasteiger partial charge in [-0.1, -0.05) is 6.92 Å². The highest BCUT2D eigenvalue weighted by Gasteiger charge is 2.03. The molecule has 0 radical (unpaired) electrons. The minimum Gasteiger partial charge on any atom is -0.246 e. The summed E-state index contributed by atoms with van der Waals surface area (Å²) in [5.41, 5.74) is 0. The molecule has 1 rings (SSSR count). The molecule has 1 aromatic heterocycles. The summed E-state index contributed by atoms with van der Waals surface area (Å²) in [5, 5.41) is 0.486. The second kappa shape index (κ2) is 4.82. The van der Waals surface area contributed by atoms with Gasteiger partial charge in [0.05, 0.1) is 0 Å². The maximum atomic E-state index is 13.1. The summed E-state index contributed by atoms with van der Waals surface area (Å²) < 4.78 is 13.7. The maximum absolute atomic E-state index is 13.1. The summed E-state index contributed by atoms with van der Waals surface area (Å²) in [6.45, 7) is 2.06. The Morgan fingerprint density at radius 3 is 3.00 bits per heavy atom. The van der Waals surface area contributed by atoms with Gasteiger partial charge in [-0.2, -0.15) is 0 Å². The third-order valence-electron chi connectivity index (χ3n) is 1.22. The SMILES string of the molecule is CCCSc1ncc(Br)cc1F. The van der Waals surface area contributed by atoms with Crippen molar-refractivity contribution in [3.8, 4) is 0 Å². The zero-order valence-corrected chi connectivity index (χ0v) is 9.08.